The number of rotatable bonds is 5. The Hall–Kier alpha value is -2.01. The molecular weight excluding hydrogens is 306 g/mol. The first-order valence-electron chi connectivity index (χ1n) is 8.34. The lowest BCUT2D eigenvalue weighted by atomic mass is 9.64. The summed E-state index contributed by atoms with van der Waals surface area (Å²) in [5.41, 5.74) is 7.26. The number of hydrogen-bond donors (Lipinski definition) is 4. The maximum Gasteiger partial charge on any atom is 0.248 e. The normalized spacial score (nSPS) is 29.3. The number of allylic oxidation sites excluding steroid dienone is 5. The first-order chi connectivity index (χ1) is 11.3. The van der Waals surface area contributed by atoms with Gasteiger partial charge in [-0.2, -0.15) is 0 Å². The highest BCUT2D eigenvalue weighted by Crippen LogP contribution is 2.48. The molecule has 0 saturated heterocycles. The van der Waals surface area contributed by atoms with Crippen LogP contribution in [0.15, 0.2) is 47.0 Å². The third-order valence-corrected chi connectivity index (χ3v) is 5.65. The molecule has 24 heavy (non-hydrogen) atoms. The Labute approximate surface area is 142 Å². The quantitative estimate of drug-likeness (QED) is 0.581. The van der Waals surface area contributed by atoms with Crippen molar-refractivity contribution in [1.29, 1.82) is 0 Å². The molecule has 3 unspecified atom stereocenters. The number of nitrogens with two attached hydrogens (primary N) is 1. The predicted molar refractivity (Wildman–Crippen MR) is 93.0 cm³/mol. The van der Waals surface area contributed by atoms with Gasteiger partial charge in [0, 0.05) is 12.3 Å². The zero-order valence-corrected chi connectivity index (χ0v) is 14.3. The van der Waals surface area contributed by atoms with Crippen molar-refractivity contribution in [3.05, 3.63) is 47.0 Å². The molecule has 0 spiro atoms. The molecule has 0 aliphatic heterocycles. The van der Waals surface area contributed by atoms with E-state index in [1.807, 2.05) is 13.0 Å². The fraction of sp³-hybridized carbons (Fsp3) is 0.526. The third kappa shape index (κ3) is 3.26. The summed E-state index contributed by atoms with van der Waals surface area (Å²) in [5, 5.41) is 30.6. The minimum absolute atomic E-state index is 0.00428. The van der Waals surface area contributed by atoms with Gasteiger partial charge in [0.2, 0.25) is 5.91 Å². The molecule has 0 bridgehead atoms. The van der Waals surface area contributed by atoms with Crippen molar-refractivity contribution >= 4 is 5.91 Å². The molecule has 5 heteroatoms. The van der Waals surface area contributed by atoms with Crippen LogP contribution < -0.4 is 5.73 Å². The lowest BCUT2D eigenvalue weighted by molar-refractivity contribution is -0.115. The maximum atomic E-state index is 11.5. The van der Waals surface area contributed by atoms with Crippen molar-refractivity contribution in [2.24, 2.45) is 29.4 Å². The number of carbonyl (C=O) groups excluding carboxylic acids is 1. The van der Waals surface area contributed by atoms with E-state index >= 15 is 0 Å². The number of fused-ring (bicyclic) bond motifs is 1. The molecular formula is C19H27NO4. The highest BCUT2D eigenvalue weighted by molar-refractivity contribution is 5.92. The average molecular weight is 333 g/mol. The highest BCUT2D eigenvalue weighted by Gasteiger charge is 2.43. The number of amides is 1. The van der Waals surface area contributed by atoms with E-state index < -0.39 is 5.91 Å². The van der Waals surface area contributed by atoms with Crippen molar-refractivity contribution in [2.75, 3.05) is 6.61 Å². The Morgan fingerprint density at radius 2 is 2.08 bits per heavy atom. The summed E-state index contributed by atoms with van der Waals surface area (Å²) in [7, 11) is 0. The first kappa shape index (κ1) is 18.3. The van der Waals surface area contributed by atoms with Gasteiger partial charge in [-0.25, -0.2) is 0 Å². The molecule has 132 valence electrons. The van der Waals surface area contributed by atoms with Gasteiger partial charge in [-0.15, -0.1) is 0 Å². The lowest BCUT2D eigenvalue weighted by Gasteiger charge is -2.42. The molecule has 0 aromatic carbocycles. The van der Waals surface area contributed by atoms with Gasteiger partial charge in [0.05, 0.1) is 17.9 Å². The van der Waals surface area contributed by atoms with Crippen LogP contribution >= 0.6 is 0 Å². The first-order valence-corrected chi connectivity index (χ1v) is 8.34. The van der Waals surface area contributed by atoms with Crippen LogP contribution in [0.5, 0.6) is 0 Å². The summed E-state index contributed by atoms with van der Waals surface area (Å²) in [6.07, 6.45) is 4.97. The van der Waals surface area contributed by atoms with E-state index in [4.69, 9.17) is 5.73 Å². The fourth-order valence-electron chi connectivity index (χ4n) is 4.08. The topological polar surface area (TPSA) is 104 Å². The second-order valence-electron chi connectivity index (χ2n) is 6.91. The molecule has 4 atom stereocenters. The molecule has 0 radical (unpaired) electrons. The molecule has 5 N–H and O–H groups in total. The average Bonchev–Trinajstić information content (AvgIpc) is 2.53. The van der Waals surface area contributed by atoms with Gasteiger partial charge >= 0.3 is 0 Å². The van der Waals surface area contributed by atoms with Gasteiger partial charge < -0.3 is 21.1 Å². The minimum atomic E-state index is -0.649. The van der Waals surface area contributed by atoms with Gasteiger partial charge in [0.25, 0.3) is 0 Å². The number of aliphatic hydroxyl groups excluding tert-OH is 3. The van der Waals surface area contributed by atoms with Crippen LogP contribution in [0.1, 0.15) is 33.1 Å². The van der Waals surface area contributed by atoms with E-state index in [0.29, 0.717) is 12.0 Å². The SMILES string of the molecule is C=C/C=C(\C)[C@H](C)C1CC2CC(O)=C(C(N)=O)CC2C(O)=C1CO. The third-order valence-electron chi connectivity index (χ3n) is 5.65. The van der Waals surface area contributed by atoms with E-state index in [1.165, 1.54) is 0 Å². The number of aliphatic hydroxyl groups is 3. The molecule has 5 nitrogen and oxygen atoms in total. The van der Waals surface area contributed by atoms with Crippen LogP contribution in [-0.2, 0) is 4.79 Å². The molecule has 2 rings (SSSR count). The molecule has 1 amide bonds. The van der Waals surface area contributed by atoms with Crippen LogP contribution in [0, 0.1) is 23.7 Å². The monoisotopic (exact) mass is 333 g/mol. The summed E-state index contributed by atoms with van der Waals surface area (Å²) >= 11 is 0. The van der Waals surface area contributed by atoms with E-state index in [2.05, 4.69) is 13.5 Å². The summed E-state index contributed by atoms with van der Waals surface area (Å²) < 4.78 is 0. The molecule has 0 saturated carbocycles. The second kappa shape index (κ2) is 7.26. The van der Waals surface area contributed by atoms with Crippen LogP contribution in [0.3, 0.4) is 0 Å². The molecule has 0 fully saturated rings. The van der Waals surface area contributed by atoms with Crippen molar-refractivity contribution in [2.45, 2.75) is 33.1 Å². The van der Waals surface area contributed by atoms with Crippen molar-refractivity contribution in [3.63, 3.8) is 0 Å². The number of carbonyl (C=O) groups is 1. The Morgan fingerprint density at radius 3 is 2.62 bits per heavy atom. The highest BCUT2D eigenvalue weighted by atomic mass is 16.3. The Bertz CT molecular complexity index is 629. The number of primary amides is 1. The Kier molecular flexibility index (Phi) is 5.54. The van der Waals surface area contributed by atoms with Gasteiger partial charge in [-0.05, 0) is 43.1 Å². The van der Waals surface area contributed by atoms with Crippen molar-refractivity contribution < 1.29 is 20.1 Å². The van der Waals surface area contributed by atoms with E-state index in [-0.39, 0.29) is 53.8 Å². The second-order valence-corrected chi connectivity index (χ2v) is 6.91. The van der Waals surface area contributed by atoms with E-state index in [0.717, 1.165) is 12.0 Å². The van der Waals surface area contributed by atoms with Crippen LogP contribution in [-0.4, -0.2) is 27.8 Å². The minimum Gasteiger partial charge on any atom is -0.512 e. The van der Waals surface area contributed by atoms with Crippen molar-refractivity contribution in [1.82, 2.24) is 0 Å². The zero-order valence-electron chi connectivity index (χ0n) is 14.3. The lowest BCUT2D eigenvalue weighted by Crippen LogP contribution is -2.37. The molecule has 0 aromatic rings. The van der Waals surface area contributed by atoms with Crippen LogP contribution in [0.25, 0.3) is 0 Å². The summed E-state index contributed by atoms with van der Waals surface area (Å²) in [6.45, 7) is 7.57. The summed E-state index contributed by atoms with van der Waals surface area (Å²) in [5.74, 6) is -0.557. The van der Waals surface area contributed by atoms with Gasteiger partial charge in [-0.1, -0.05) is 31.2 Å². The summed E-state index contributed by atoms with van der Waals surface area (Å²) in [4.78, 5) is 11.5. The summed E-state index contributed by atoms with van der Waals surface area (Å²) in [6, 6.07) is 0. The number of hydrogen-bond acceptors (Lipinski definition) is 4. The standard InChI is InChI=1S/C19H27NO4/c1-4-5-10(2)11(3)13-6-12-7-17(22)15(19(20)24)8-14(12)18(23)16(13)9-21/h4-5,11-14,21-23H,1,6-9H2,2-3H3,(H2,20,24)/b10-5+/t11-,12?,13?,14?/m0/s1. The van der Waals surface area contributed by atoms with E-state index in [1.54, 1.807) is 6.08 Å². The smallest absolute Gasteiger partial charge is 0.248 e. The molecule has 0 heterocycles. The van der Waals surface area contributed by atoms with Crippen LogP contribution in [0.4, 0.5) is 0 Å². The zero-order chi connectivity index (χ0) is 18.0. The molecule has 2 aliphatic carbocycles. The van der Waals surface area contributed by atoms with Crippen molar-refractivity contribution in [3.8, 4) is 0 Å². The molecule has 2 aliphatic rings. The van der Waals surface area contributed by atoms with Gasteiger partial charge in [0.15, 0.2) is 0 Å². The maximum absolute atomic E-state index is 11.5. The Morgan fingerprint density at radius 1 is 1.42 bits per heavy atom. The largest absolute Gasteiger partial charge is 0.512 e. The Balaban J connectivity index is 2.38. The van der Waals surface area contributed by atoms with Gasteiger partial charge in [-0.3, -0.25) is 4.79 Å². The van der Waals surface area contributed by atoms with Gasteiger partial charge in [0.1, 0.15) is 5.76 Å². The fourth-order valence-corrected chi connectivity index (χ4v) is 4.08. The van der Waals surface area contributed by atoms with E-state index in [9.17, 15) is 20.1 Å². The van der Waals surface area contributed by atoms with Crippen LogP contribution in [0.2, 0.25) is 0 Å². The predicted octanol–water partition coefficient (Wildman–Crippen LogP) is 2.90. The molecule has 0 aromatic heterocycles.